The molecular formula is C10H14BrNO. The Morgan fingerprint density at radius 3 is 2.77 bits per heavy atom. The molecule has 0 N–H and O–H groups in total. The molecule has 72 valence electrons. The number of hydrogen-bond acceptors (Lipinski definition) is 2. The highest BCUT2D eigenvalue weighted by Gasteiger charge is 2.17. The average Bonchev–Trinajstić information content (AvgIpc) is 2.09. The van der Waals surface area contributed by atoms with Gasteiger partial charge < -0.3 is 4.74 Å². The van der Waals surface area contributed by atoms with Crippen LogP contribution in [0.25, 0.3) is 0 Å². The van der Waals surface area contributed by atoms with Crippen LogP contribution >= 0.6 is 15.9 Å². The first-order chi connectivity index (χ1) is 6.05. The molecule has 13 heavy (non-hydrogen) atoms. The van der Waals surface area contributed by atoms with E-state index in [2.05, 4.69) is 41.7 Å². The van der Waals surface area contributed by atoms with Crippen molar-refractivity contribution in [3.05, 3.63) is 22.9 Å². The van der Waals surface area contributed by atoms with Crippen molar-refractivity contribution < 1.29 is 4.74 Å². The Bertz CT molecular complexity index is 286. The van der Waals surface area contributed by atoms with Crippen LogP contribution in [0.5, 0.6) is 5.75 Å². The van der Waals surface area contributed by atoms with Gasteiger partial charge in [-0.25, -0.2) is 0 Å². The number of ether oxygens (including phenoxy) is 1. The van der Waals surface area contributed by atoms with Gasteiger partial charge in [0, 0.05) is 12.4 Å². The van der Waals surface area contributed by atoms with Gasteiger partial charge in [0.25, 0.3) is 0 Å². The highest BCUT2D eigenvalue weighted by Crippen LogP contribution is 2.27. The lowest BCUT2D eigenvalue weighted by Crippen LogP contribution is -2.26. The van der Waals surface area contributed by atoms with E-state index in [4.69, 9.17) is 4.74 Å². The third-order valence-electron chi connectivity index (χ3n) is 1.97. The summed E-state index contributed by atoms with van der Waals surface area (Å²) in [5.41, 5.74) is -0.121. The van der Waals surface area contributed by atoms with Crippen LogP contribution in [0, 0.1) is 0 Å². The fraction of sp³-hybridized carbons (Fsp3) is 0.500. The van der Waals surface area contributed by atoms with E-state index in [0.29, 0.717) is 0 Å². The monoisotopic (exact) mass is 243 g/mol. The maximum absolute atomic E-state index is 5.79. The van der Waals surface area contributed by atoms with Crippen molar-refractivity contribution in [3.8, 4) is 5.75 Å². The van der Waals surface area contributed by atoms with Gasteiger partial charge in [-0.3, -0.25) is 4.98 Å². The standard InChI is InChI=1S/C10H14BrNO/c1-4-10(2,3)13-9-5-6-12-7-8(9)11/h5-7H,4H2,1-3H3. The predicted octanol–water partition coefficient (Wildman–Crippen LogP) is 3.41. The lowest BCUT2D eigenvalue weighted by Gasteiger charge is -2.25. The van der Waals surface area contributed by atoms with E-state index in [1.165, 1.54) is 0 Å². The Morgan fingerprint density at radius 1 is 1.54 bits per heavy atom. The lowest BCUT2D eigenvalue weighted by molar-refractivity contribution is 0.104. The maximum Gasteiger partial charge on any atom is 0.137 e. The van der Waals surface area contributed by atoms with Gasteiger partial charge in [-0.2, -0.15) is 0 Å². The summed E-state index contributed by atoms with van der Waals surface area (Å²) < 4.78 is 6.69. The van der Waals surface area contributed by atoms with Gasteiger partial charge in [-0.05, 0) is 42.3 Å². The quantitative estimate of drug-likeness (QED) is 0.812. The van der Waals surface area contributed by atoms with Gasteiger partial charge in [0.05, 0.1) is 4.47 Å². The summed E-state index contributed by atoms with van der Waals surface area (Å²) in [6, 6.07) is 1.86. The molecule has 1 aromatic heterocycles. The van der Waals surface area contributed by atoms with Crippen molar-refractivity contribution in [2.45, 2.75) is 32.8 Å². The fourth-order valence-corrected chi connectivity index (χ4v) is 1.15. The summed E-state index contributed by atoms with van der Waals surface area (Å²) in [5, 5.41) is 0. The predicted molar refractivity (Wildman–Crippen MR) is 56.9 cm³/mol. The van der Waals surface area contributed by atoms with E-state index in [0.717, 1.165) is 16.6 Å². The molecule has 3 heteroatoms. The minimum Gasteiger partial charge on any atom is -0.487 e. The number of aromatic nitrogens is 1. The number of nitrogens with zero attached hydrogens (tertiary/aromatic N) is 1. The molecule has 0 unspecified atom stereocenters. The molecule has 0 aliphatic carbocycles. The van der Waals surface area contributed by atoms with Crippen LogP contribution in [0.1, 0.15) is 27.2 Å². The van der Waals surface area contributed by atoms with E-state index < -0.39 is 0 Å². The molecule has 0 aromatic carbocycles. The molecule has 0 amide bonds. The molecule has 0 saturated heterocycles. The normalized spacial score (nSPS) is 11.4. The zero-order valence-electron chi connectivity index (χ0n) is 8.17. The largest absolute Gasteiger partial charge is 0.487 e. The third-order valence-corrected chi connectivity index (χ3v) is 2.57. The summed E-state index contributed by atoms with van der Waals surface area (Å²) in [5.74, 6) is 0.849. The van der Waals surface area contributed by atoms with E-state index in [1.54, 1.807) is 12.4 Å². The van der Waals surface area contributed by atoms with Crippen molar-refractivity contribution in [3.63, 3.8) is 0 Å². The Labute approximate surface area is 87.5 Å². The molecule has 1 aromatic rings. The molecule has 0 fully saturated rings. The number of rotatable bonds is 3. The van der Waals surface area contributed by atoms with E-state index >= 15 is 0 Å². The van der Waals surface area contributed by atoms with Gasteiger partial charge in [-0.15, -0.1) is 0 Å². The fourth-order valence-electron chi connectivity index (χ4n) is 0.815. The van der Waals surface area contributed by atoms with Crippen molar-refractivity contribution in [2.75, 3.05) is 0 Å². The second-order valence-corrected chi connectivity index (χ2v) is 4.38. The van der Waals surface area contributed by atoms with Crippen LogP contribution in [-0.2, 0) is 0 Å². The molecular weight excluding hydrogens is 230 g/mol. The van der Waals surface area contributed by atoms with Gasteiger partial charge in [-0.1, -0.05) is 6.92 Å². The van der Waals surface area contributed by atoms with Crippen LogP contribution in [0.3, 0.4) is 0 Å². The first-order valence-corrected chi connectivity index (χ1v) is 5.13. The topological polar surface area (TPSA) is 22.1 Å². The lowest BCUT2D eigenvalue weighted by atomic mass is 10.1. The first kappa shape index (κ1) is 10.5. The molecule has 0 atom stereocenters. The van der Waals surface area contributed by atoms with Crippen LogP contribution in [0.2, 0.25) is 0 Å². The van der Waals surface area contributed by atoms with E-state index in [1.807, 2.05) is 6.07 Å². The highest BCUT2D eigenvalue weighted by atomic mass is 79.9. The zero-order chi connectivity index (χ0) is 9.90. The summed E-state index contributed by atoms with van der Waals surface area (Å²) >= 11 is 3.39. The van der Waals surface area contributed by atoms with Crippen molar-refractivity contribution in [1.82, 2.24) is 4.98 Å². The highest BCUT2D eigenvalue weighted by molar-refractivity contribution is 9.10. The summed E-state index contributed by atoms with van der Waals surface area (Å²) in [4.78, 5) is 3.97. The Kier molecular flexibility index (Phi) is 3.31. The van der Waals surface area contributed by atoms with Gasteiger partial charge >= 0.3 is 0 Å². The molecule has 0 radical (unpaired) electrons. The first-order valence-electron chi connectivity index (χ1n) is 4.33. The summed E-state index contributed by atoms with van der Waals surface area (Å²) in [6.45, 7) is 6.24. The molecule has 1 rings (SSSR count). The second-order valence-electron chi connectivity index (χ2n) is 3.52. The molecule has 0 aliphatic rings. The van der Waals surface area contributed by atoms with Crippen LogP contribution < -0.4 is 4.74 Å². The van der Waals surface area contributed by atoms with E-state index in [-0.39, 0.29) is 5.60 Å². The Balaban J connectivity index is 2.80. The van der Waals surface area contributed by atoms with E-state index in [9.17, 15) is 0 Å². The van der Waals surface area contributed by atoms with Crippen molar-refractivity contribution >= 4 is 15.9 Å². The molecule has 2 nitrogen and oxygen atoms in total. The Hall–Kier alpha value is -0.570. The molecule has 0 spiro atoms. The number of pyridine rings is 1. The van der Waals surface area contributed by atoms with Gasteiger partial charge in [0.15, 0.2) is 0 Å². The van der Waals surface area contributed by atoms with Crippen LogP contribution in [-0.4, -0.2) is 10.6 Å². The minimum atomic E-state index is -0.121. The maximum atomic E-state index is 5.79. The Morgan fingerprint density at radius 2 is 2.23 bits per heavy atom. The third kappa shape index (κ3) is 2.99. The summed E-state index contributed by atoms with van der Waals surface area (Å²) in [7, 11) is 0. The molecule has 0 bridgehead atoms. The van der Waals surface area contributed by atoms with Crippen LogP contribution in [0.4, 0.5) is 0 Å². The van der Waals surface area contributed by atoms with Crippen LogP contribution in [0.15, 0.2) is 22.9 Å². The number of halogens is 1. The smallest absolute Gasteiger partial charge is 0.137 e. The van der Waals surface area contributed by atoms with Gasteiger partial charge in [0.1, 0.15) is 11.4 Å². The molecule has 1 heterocycles. The van der Waals surface area contributed by atoms with Gasteiger partial charge in [0.2, 0.25) is 0 Å². The number of hydrogen-bond donors (Lipinski definition) is 0. The SMILES string of the molecule is CCC(C)(C)Oc1ccncc1Br. The second kappa shape index (κ2) is 4.09. The van der Waals surface area contributed by atoms with Crippen molar-refractivity contribution in [1.29, 1.82) is 0 Å². The minimum absolute atomic E-state index is 0.121. The molecule has 0 aliphatic heterocycles. The summed E-state index contributed by atoms with van der Waals surface area (Å²) in [6.07, 6.45) is 4.44. The molecule has 0 saturated carbocycles. The average molecular weight is 244 g/mol. The van der Waals surface area contributed by atoms with Crippen molar-refractivity contribution in [2.24, 2.45) is 0 Å². The zero-order valence-corrected chi connectivity index (χ0v) is 9.76.